The zero-order valence-corrected chi connectivity index (χ0v) is 18.3. The molecule has 0 fully saturated rings. The minimum atomic E-state index is -4.38. The summed E-state index contributed by atoms with van der Waals surface area (Å²) >= 11 is 4.81. The molecule has 160 valence electrons. The zero-order valence-electron chi connectivity index (χ0n) is 15.9. The predicted octanol–water partition coefficient (Wildman–Crippen LogP) is 6.44. The van der Waals surface area contributed by atoms with Crippen LogP contribution in [0.15, 0.2) is 56.9 Å². The highest BCUT2D eigenvalue weighted by atomic mass is 79.9. The van der Waals surface area contributed by atoms with Crippen LogP contribution in [-0.4, -0.2) is 17.3 Å². The van der Waals surface area contributed by atoms with Gasteiger partial charge in [0.1, 0.15) is 12.0 Å². The fourth-order valence-corrected chi connectivity index (χ4v) is 4.13. The Labute approximate surface area is 184 Å². The van der Waals surface area contributed by atoms with Gasteiger partial charge in [-0.15, -0.1) is 11.8 Å². The van der Waals surface area contributed by atoms with E-state index in [0.717, 1.165) is 47.4 Å². The maximum absolute atomic E-state index is 12.9. The molecule has 2 aromatic heterocycles. The summed E-state index contributed by atoms with van der Waals surface area (Å²) in [5.74, 6) is 1.57. The molecule has 0 aliphatic carbocycles. The summed E-state index contributed by atoms with van der Waals surface area (Å²) < 4.78 is 49.3. The Hall–Kier alpha value is -2.00. The molecule has 3 aromatic rings. The molecule has 0 amide bonds. The maximum Gasteiger partial charge on any atom is 0.416 e. The van der Waals surface area contributed by atoms with Gasteiger partial charge in [-0.25, -0.2) is 0 Å². The number of ether oxygens (including phenoxy) is 1. The summed E-state index contributed by atoms with van der Waals surface area (Å²) in [6, 6.07) is 6.87. The highest BCUT2D eigenvalue weighted by molar-refractivity contribution is 9.08. The number of hydrogen-bond acceptors (Lipinski definition) is 5. The van der Waals surface area contributed by atoms with E-state index in [2.05, 4.69) is 20.9 Å². The lowest BCUT2D eigenvalue weighted by Crippen LogP contribution is -2.08. The minimum Gasteiger partial charge on any atom is -0.487 e. The van der Waals surface area contributed by atoms with Crippen molar-refractivity contribution >= 4 is 38.6 Å². The van der Waals surface area contributed by atoms with Gasteiger partial charge in [-0.3, -0.25) is 9.78 Å². The molecule has 0 radical (unpaired) electrons. The fraction of sp³-hybridized carbons (Fsp3) is 0.333. The molecule has 0 bridgehead atoms. The average molecular weight is 502 g/mol. The summed E-state index contributed by atoms with van der Waals surface area (Å²) in [7, 11) is 0. The van der Waals surface area contributed by atoms with Gasteiger partial charge in [-0.2, -0.15) is 13.2 Å². The number of nitrogens with zero attached hydrogens (tertiary/aromatic N) is 1. The summed E-state index contributed by atoms with van der Waals surface area (Å²) in [6.45, 7) is 0.418. The zero-order chi connectivity index (χ0) is 21.6. The molecule has 0 saturated heterocycles. The molecule has 9 heteroatoms. The van der Waals surface area contributed by atoms with Crippen LogP contribution in [0, 0.1) is 0 Å². The van der Waals surface area contributed by atoms with Gasteiger partial charge < -0.3 is 9.15 Å². The number of rotatable bonds is 9. The van der Waals surface area contributed by atoms with Gasteiger partial charge in [0.05, 0.1) is 23.0 Å². The third-order valence-corrected chi connectivity index (χ3v) is 6.03. The van der Waals surface area contributed by atoms with Gasteiger partial charge in [0.25, 0.3) is 0 Å². The normalized spacial score (nSPS) is 11.7. The lowest BCUT2D eigenvalue weighted by molar-refractivity contribution is -0.137. The molecular formula is C21H19BrF3NO3S. The van der Waals surface area contributed by atoms with Crippen molar-refractivity contribution in [2.45, 2.75) is 35.7 Å². The van der Waals surface area contributed by atoms with E-state index in [0.29, 0.717) is 23.2 Å². The number of pyridine rings is 1. The van der Waals surface area contributed by atoms with Crippen molar-refractivity contribution in [3.05, 3.63) is 64.3 Å². The molecule has 0 unspecified atom stereocenters. The number of halogens is 4. The first-order valence-corrected chi connectivity index (χ1v) is 11.4. The summed E-state index contributed by atoms with van der Waals surface area (Å²) in [6.07, 6.45) is 1.08. The van der Waals surface area contributed by atoms with Crippen molar-refractivity contribution in [3.63, 3.8) is 0 Å². The van der Waals surface area contributed by atoms with Crippen LogP contribution < -0.4 is 10.2 Å². The van der Waals surface area contributed by atoms with Crippen LogP contribution in [-0.2, 0) is 11.5 Å². The second kappa shape index (κ2) is 10.3. The Kier molecular flexibility index (Phi) is 7.82. The average Bonchev–Trinajstić information content (AvgIpc) is 2.73. The lowest BCUT2D eigenvalue weighted by Gasteiger charge is -2.10. The number of unbranched alkanes of at least 4 members (excludes halogenated alkanes) is 2. The molecule has 0 spiro atoms. The molecule has 0 atom stereocenters. The van der Waals surface area contributed by atoms with Crippen LogP contribution >= 0.6 is 27.7 Å². The number of thioether (sulfide) groups is 1. The number of fused-ring (bicyclic) bond motifs is 1. The van der Waals surface area contributed by atoms with Crippen LogP contribution in [0.2, 0.25) is 0 Å². The van der Waals surface area contributed by atoms with Crippen molar-refractivity contribution in [1.82, 2.24) is 4.98 Å². The van der Waals surface area contributed by atoms with E-state index in [1.807, 2.05) is 6.07 Å². The Morgan fingerprint density at radius 2 is 1.97 bits per heavy atom. The predicted molar refractivity (Wildman–Crippen MR) is 114 cm³/mol. The first-order valence-electron chi connectivity index (χ1n) is 9.28. The third-order valence-electron chi connectivity index (χ3n) is 4.32. The van der Waals surface area contributed by atoms with E-state index in [-0.39, 0.29) is 11.2 Å². The molecule has 0 aliphatic heterocycles. The number of aromatic nitrogens is 1. The molecule has 0 N–H and O–H groups in total. The van der Waals surface area contributed by atoms with Gasteiger partial charge in [0, 0.05) is 22.5 Å². The van der Waals surface area contributed by atoms with E-state index in [4.69, 9.17) is 9.15 Å². The highest BCUT2D eigenvalue weighted by Gasteiger charge is 2.30. The Bertz CT molecular complexity index is 1060. The molecular weight excluding hydrogens is 483 g/mol. The number of hydrogen-bond donors (Lipinski definition) is 0. The SMILES string of the molecule is O=c1cc(CBr)occ1OCCCCCSc1ccnc2cc(C(F)(F)F)ccc12. The lowest BCUT2D eigenvalue weighted by atomic mass is 10.1. The molecule has 3 rings (SSSR count). The van der Waals surface area contributed by atoms with Gasteiger partial charge in [-0.05, 0) is 43.2 Å². The van der Waals surface area contributed by atoms with Gasteiger partial charge in [0.15, 0.2) is 0 Å². The Morgan fingerprint density at radius 1 is 1.13 bits per heavy atom. The summed E-state index contributed by atoms with van der Waals surface area (Å²) in [5, 5.41) is 1.19. The van der Waals surface area contributed by atoms with Gasteiger partial charge >= 0.3 is 6.18 Å². The summed E-state index contributed by atoms with van der Waals surface area (Å²) in [5.41, 5.74) is -0.557. The molecule has 1 aromatic carbocycles. The van der Waals surface area contributed by atoms with Crippen LogP contribution in [0.4, 0.5) is 13.2 Å². The van der Waals surface area contributed by atoms with Crippen LogP contribution in [0.5, 0.6) is 5.75 Å². The largest absolute Gasteiger partial charge is 0.487 e. The fourth-order valence-electron chi connectivity index (χ4n) is 2.78. The van der Waals surface area contributed by atoms with Crippen LogP contribution in [0.1, 0.15) is 30.6 Å². The first-order chi connectivity index (χ1) is 14.4. The van der Waals surface area contributed by atoms with Crippen molar-refractivity contribution in [1.29, 1.82) is 0 Å². The third kappa shape index (κ3) is 6.01. The maximum atomic E-state index is 12.9. The Balaban J connectivity index is 1.44. The van der Waals surface area contributed by atoms with Crippen molar-refractivity contribution in [3.8, 4) is 5.75 Å². The Morgan fingerprint density at radius 3 is 2.70 bits per heavy atom. The summed E-state index contributed by atoms with van der Waals surface area (Å²) in [4.78, 5) is 16.8. The van der Waals surface area contributed by atoms with E-state index < -0.39 is 11.7 Å². The van der Waals surface area contributed by atoms with E-state index in [1.165, 1.54) is 24.6 Å². The van der Waals surface area contributed by atoms with Crippen LogP contribution in [0.3, 0.4) is 0 Å². The number of benzene rings is 1. The second-order valence-corrected chi connectivity index (χ2v) is 8.20. The van der Waals surface area contributed by atoms with Crippen molar-refractivity contribution in [2.24, 2.45) is 0 Å². The minimum absolute atomic E-state index is 0.204. The second-order valence-electron chi connectivity index (χ2n) is 6.50. The van der Waals surface area contributed by atoms with E-state index in [9.17, 15) is 18.0 Å². The smallest absolute Gasteiger partial charge is 0.416 e. The number of alkyl halides is 4. The first kappa shape index (κ1) is 22.7. The highest BCUT2D eigenvalue weighted by Crippen LogP contribution is 2.33. The van der Waals surface area contributed by atoms with Crippen molar-refractivity contribution in [2.75, 3.05) is 12.4 Å². The molecule has 4 nitrogen and oxygen atoms in total. The van der Waals surface area contributed by atoms with E-state index >= 15 is 0 Å². The molecule has 0 saturated carbocycles. The van der Waals surface area contributed by atoms with Gasteiger partial charge in [-0.1, -0.05) is 22.0 Å². The van der Waals surface area contributed by atoms with Crippen molar-refractivity contribution < 1.29 is 22.3 Å². The standard InChI is InChI=1S/C21H19BrF3NO3S/c22-12-15-11-18(27)19(13-29-15)28-8-2-1-3-9-30-20-6-7-26-17-10-14(21(23,24)25)4-5-16(17)20/h4-7,10-11,13H,1-3,8-9,12H2. The van der Waals surface area contributed by atoms with Crippen LogP contribution in [0.25, 0.3) is 10.9 Å². The molecule has 30 heavy (non-hydrogen) atoms. The van der Waals surface area contributed by atoms with Gasteiger partial charge in [0.2, 0.25) is 11.2 Å². The molecule has 0 aliphatic rings. The molecule has 2 heterocycles. The topological polar surface area (TPSA) is 52.3 Å². The monoisotopic (exact) mass is 501 g/mol. The quantitative estimate of drug-likeness (QED) is 0.191. The van der Waals surface area contributed by atoms with E-state index in [1.54, 1.807) is 11.8 Å².